The fourth-order valence-corrected chi connectivity index (χ4v) is 1.31. The molecule has 1 heterocycles. The molecular weight excluding hydrogens is 234 g/mol. The van der Waals surface area contributed by atoms with Crippen LogP contribution in [0.25, 0.3) is 0 Å². The van der Waals surface area contributed by atoms with Gasteiger partial charge in [0, 0.05) is 17.7 Å². The zero-order valence-corrected chi connectivity index (χ0v) is 9.09. The van der Waals surface area contributed by atoms with Gasteiger partial charge in [-0.2, -0.15) is 0 Å². The Balaban J connectivity index is 3.21. The minimum atomic E-state index is -1.36. The number of aliphatic carboxylic acids is 1. The van der Waals surface area contributed by atoms with Crippen molar-refractivity contribution in [2.45, 2.75) is 13.3 Å². The van der Waals surface area contributed by atoms with Gasteiger partial charge in [0.25, 0.3) is 5.56 Å². The van der Waals surface area contributed by atoms with E-state index in [4.69, 9.17) is 22.5 Å². The smallest absolute Gasteiger partial charge is 0.354 e. The van der Waals surface area contributed by atoms with Gasteiger partial charge in [0.15, 0.2) is 10.5 Å². The summed E-state index contributed by atoms with van der Waals surface area (Å²) in [6, 6.07) is 0. The van der Waals surface area contributed by atoms with Crippen LogP contribution in [0, 0.1) is 11.7 Å². The SMILES string of the molecule is Cc1c(CC(=NO)C(=O)O)[nH]c(=S)[nH]c1=O. The highest BCUT2D eigenvalue weighted by atomic mass is 32.1. The van der Waals surface area contributed by atoms with E-state index in [0.717, 1.165) is 0 Å². The van der Waals surface area contributed by atoms with E-state index in [1.54, 1.807) is 0 Å². The molecular formula is C8H9N3O4S. The van der Waals surface area contributed by atoms with Gasteiger partial charge < -0.3 is 15.3 Å². The summed E-state index contributed by atoms with van der Waals surface area (Å²) in [5, 5.41) is 19.8. The maximum Gasteiger partial charge on any atom is 0.354 e. The Morgan fingerprint density at radius 2 is 2.12 bits per heavy atom. The normalized spacial score (nSPS) is 11.4. The fourth-order valence-electron chi connectivity index (χ4n) is 1.09. The van der Waals surface area contributed by atoms with Gasteiger partial charge in [-0.25, -0.2) is 4.79 Å². The van der Waals surface area contributed by atoms with E-state index in [1.807, 2.05) is 0 Å². The Bertz CT molecular complexity index is 557. The summed E-state index contributed by atoms with van der Waals surface area (Å²) in [5.41, 5.74) is -0.263. The molecule has 0 aliphatic heterocycles. The molecule has 0 aliphatic carbocycles. The highest BCUT2D eigenvalue weighted by Crippen LogP contribution is 2.00. The van der Waals surface area contributed by atoms with Crippen LogP contribution in [0.15, 0.2) is 9.95 Å². The molecule has 0 bridgehead atoms. The van der Waals surface area contributed by atoms with Crippen molar-refractivity contribution in [1.29, 1.82) is 0 Å². The Morgan fingerprint density at radius 3 is 2.62 bits per heavy atom. The van der Waals surface area contributed by atoms with Crippen LogP contribution < -0.4 is 5.56 Å². The zero-order chi connectivity index (χ0) is 12.3. The molecule has 0 atom stereocenters. The van der Waals surface area contributed by atoms with E-state index < -0.39 is 17.2 Å². The number of aromatic nitrogens is 2. The molecule has 0 radical (unpaired) electrons. The predicted molar refractivity (Wildman–Crippen MR) is 57.5 cm³/mol. The Kier molecular flexibility index (Phi) is 3.56. The van der Waals surface area contributed by atoms with E-state index >= 15 is 0 Å². The summed E-state index contributed by atoms with van der Waals surface area (Å²) in [5.74, 6) is -1.36. The van der Waals surface area contributed by atoms with Crippen LogP contribution in [0.4, 0.5) is 0 Å². The van der Waals surface area contributed by atoms with Gasteiger partial charge in [0.05, 0.1) is 0 Å². The van der Waals surface area contributed by atoms with Gasteiger partial charge in [0.1, 0.15) is 0 Å². The molecule has 16 heavy (non-hydrogen) atoms. The van der Waals surface area contributed by atoms with Crippen LogP contribution in [0.2, 0.25) is 0 Å². The number of rotatable bonds is 3. The molecule has 0 aliphatic rings. The summed E-state index contributed by atoms with van der Waals surface area (Å²) in [6.07, 6.45) is -0.203. The van der Waals surface area contributed by atoms with Gasteiger partial charge >= 0.3 is 5.97 Å². The second-order valence-corrected chi connectivity index (χ2v) is 3.45. The second kappa shape index (κ2) is 4.71. The van der Waals surface area contributed by atoms with Crippen molar-refractivity contribution in [2.24, 2.45) is 5.16 Å². The maximum absolute atomic E-state index is 11.3. The molecule has 0 unspecified atom stereocenters. The van der Waals surface area contributed by atoms with Crippen molar-refractivity contribution in [1.82, 2.24) is 9.97 Å². The number of hydrogen-bond donors (Lipinski definition) is 4. The summed E-state index contributed by atoms with van der Waals surface area (Å²) < 4.78 is 0.0910. The lowest BCUT2D eigenvalue weighted by Crippen LogP contribution is -2.21. The number of oxime groups is 1. The number of carboxylic acid groups (broad SMARTS) is 1. The van der Waals surface area contributed by atoms with E-state index in [9.17, 15) is 9.59 Å². The van der Waals surface area contributed by atoms with E-state index in [1.165, 1.54) is 6.92 Å². The molecule has 86 valence electrons. The third-order valence-electron chi connectivity index (χ3n) is 2.00. The zero-order valence-electron chi connectivity index (χ0n) is 8.27. The molecule has 0 spiro atoms. The number of hydrogen-bond acceptors (Lipinski definition) is 5. The van der Waals surface area contributed by atoms with Gasteiger partial charge in [-0.15, -0.1) is 0 Å². The summed E-state index contributed by atoms with van der Waals surface area (Å²) >= 11 is 4.74. The van der Waals surface area contributed by atoms with Crippen LogP contribution in [0.1, 0.15) is 11.3 Å². The second-order valence-electron chi connectivity index (χ2n) is 3.04. The lowest BCUT2D eigenvalue weighted by atomic mass is 10.1. The average molecular weight is 243 g/mol. The van der Waals surface area contributed by atoms with Crippen LogP contribution in [0.3, 0.4) is 0 Å². The third-order valence-corrected chi connectivity index (χ3v) is 2.20. The van der Waals surface area contributed by atoms with Crippen molar-refractivity contribution < 1.29 is 15.1 Å². The Morgan fingerprint density at radius 1 is 1.50 bits per heavy atom. The number of carbonyl (C=O) groups is 1. The van der Waals surface area contributed by atoms with E-state index in [0.29, 0.717) is 11.3 Å². The van der Waals surface area contributed by atoms with Crippen molar-refractivity contribution in [3.8, 4) is 0 Å². The first-order valence-electron chi connectivity index (χ1n) is 4.22. The van der Waals surface area contributed by atoms with Crippen LogP contribution in [0.5, 0.6) is 0 Å². The molecule has 8 heteroatoms. The van der Waals surface area contributed by atoms with Gasteiger partial charge in [0.2, 0.25) is 0 Å². The molecule has 0 amide bonds. The van der Waals surface area contributed by atoms with Crippen molar-refractivity contribution in [3.05, 3.63) is 26.4 Å². The summed E-state index contributed by atoms with van der Waals surface area (Å²) in [7, 11) is 0. The van der Waals surface area contributed by atoms with Crippen LogP contribution >= 0.6 is 12.2 Å². The van der Waals surface area contributed by atoms with Crippen molar-refractivity contribution in [2.75, 3.05) is 0 Å². The average Bonchev–Trinajstić information content (AvgIpc) is 2.20. The number of H-pyrrole nitrogens is 2. The largest absolute Gasteiger partial charge is 0.477 e. The Hall–Kier alpha value is -1.96. The van der Waals surface area contributed by atoms with Gasteiger partial charge in [-0.1, -0.05) is 5.16 Å². The standard InChI is InChI=1S/C8H9N3O4S/c1-3-4(2-5(11-15)7(13)14)9-8(16)10-6(3)12/h15H,2H2,1H3,(H,13,14)(H2,9,10,12,16). The molecule has 7 nitrogen and oxygen atoms in total. The molecule has 0 saturated heterocycles. The minimum Gasteiger partial charge on any atom is -0.477 e. The van der Waals surface area contributed by atoms with E-state index in [2.05, 4.69) is 15.1 Å². The molecule has 0 fully saturated rings. The minimum absolute atomic E-state index is 0.0910. The number of nitrogens with one attached hydrogen (secondary N) is 2. The van der Waals surface area contributed by atoms with Crippen LogP contribution in [-0.2, 0) is 11.2 Å². The lowest BCUT2D eigenvalue weighted by Gasteiger charge is -2.03. The molecule has 4 N–H and O–H groups in total. The first-order chi connectivity index (χ1) is 7.45. The molecule has 0 aromatic carbocycles. The lowest BCUT2D eigenvalue weighted by molar-refractivity contribution is -0.129. The highest BCUT2D eigenvalue weighted by molar-refractivity contribution is 7.71. The first-order valence-corrected chi connectivity index (χ1v) is 4.62. The monoisotopic (exact) mass is 243 g/mol. The number of carboxylic acids is 1. The highest BCUT2D eigenvalue weighted by Gasteiger charge is 2.14. The predicted octanol–water partition coefficient (Wildman–Crippen LogP) is 0.198. The van der Waals surface area contributed by atoms with Gasteiger partial charge in [-0.3, -0.25) is 9.78 Å². The molecule has 1 rings (SSSR count). The summed E-state index contributed by atoms with van der Waals surface area (Å²) in [4.78, 5) is 26.9. The van der Waals surface area contributed by atoms with Crippen molar-refractivity contribution >= 4 is 23.9 Å². The summed E-state index contributed by atoms with van der Waals surface area (Å²) in [6.45, 7) is 1.51. The van der Waals surface area contributed by atoms with E-state index in [-0.39, 0.29) is 11.2 Å². The molecule has 1 aromatic rings. The quantitative estimate of drug-likeness (QED) is 0.262. The topological polar surface area (TPSA) is 119 Å². The number of nitrogens with zero attached hydrogens (tertiary/aromatic N) is 1. The van der Waals surface area contributed by atoms with Gasteiger partial charge in [-0.05, 0) is 19.1 Å². The molecule has 0 saturated carbocycles. The fraction of sp³-hybridized carbons (Fsp3) is 0.250. The Labute approximate surface area is 94.5 Å². The number of aromatic amines is 2. The first kappa shape index (κ1) is 12.1. The molecule has 1 aromatic heterocycles. The van der Waals surface area contributed by atoms with Crippen LogP contribution in [-0.4, -0.2) is 32.0 Å². The van der Waals surface area contributed by atoms with Crippen molar-refractivity contribution in [3.63, 3.8) is 0 Å². The third kappa shape index (κ3) is 2.54. The maximum atomic E-state index is 11.3.